The molecule has 1 aromatic rings. The summed E-state index contributed by atoms with van der Waals surface area (Å²) in [6, 6.07) is 7.47. The number of carbonyl (C=O) groups is 1. The van der Waals surface area contributed by atoms with Crippen LogP contribution in [0.3, 0.4) is 0 Å². The molecule has 1 aliphatic rings. The SMILES string of the molecule is C[C@@H](Oc1ccc(Br)cc1Cl)C(=O)NC1(C#N)CCCCC1. The van der Waals surface area contributed by atoms with E-state index in [1.54, 1.807) is 25.1 Å². The molecule has 6 heteroatoms. The van der Waals surface area contributed by atoms with Crippen molar-refractivity contribution in [3.63, 3.8) is 0 Å². The van der Waals surface area contributed by atoms with E-state index in [2.05, 4.69) is 27.3 Å². The molecular weight excluding hydrogens is 368 g/mol. The van der Waals surface area contributed by atoms with Crippen molar-refractivity contribution in [3.05, 3.63) is 27.7 Å². The molecule has 1 atom stereocenters. The normalized spacial score (nSPS) is 18.1. The van der Waals surface area contributed by atoms with Crippen LogP contribution in [-0.2, 0) is 4.79 Å². The number of carbonyl (C=O) groups excluding carboxylic acids is 1. The van der Waals surface area contributed by atoms with Gasteiger partial charge in [-0.1, -0.05) is 46.8 Å². The quantitative estimate of drug-likeness (QED) is 0.844. The van der Waals surface area contributed by atoms with Gasteiger partial charge in [0.05, 0.1) is 11.1 Å². The van der Waals surface area contributed by atoms with Crippen LogP contribution >= 0.6 is 27.5 Å². The topological polar surface area (TPSA) is 62.1 Å². The van der Waals surface area contributed by atoms with Crippen molar-refractivity contribution in [2.45, 2.75) is 50.7 Å². The van der Waals surface area contributed by atoms with Crippen molar-refractivity contribution in [1.82, 2.24) is 5.32 Å². The van der Waals surface area contributed by atoms with Gasteiger partial charge in [0.15, 0.2) is 6.10 Å². The largest absolute Gasteiger partial charge is 0.479 e. The van der Waals surface area contributed by atoms with E-state index in [4.69, 9.17) is 16.3 Å². The molecule has 2 rings (SSSR count). The highest BCUT2D eigenvalue weighted by Crippen LogP contribution is 2.30. The van der Waals surface area contributed by atoms with Crippen LogP contribution in [0.1, 0.15) is 39.0 Å². The number of nitriles is 1. The Bertz CT molecular complexity index is 594. The predicted octanol–water partition coefficient (Wildman–Crippen LogP) is 4.21. The Kier molecular flexibility index (Phi) is 5.71. The first-order valence-electron chi connectivity index (χ1n) is 7.31. The van der Waals surface area contributed by atoms with E-state index in [-0.39, 0.29) is 5.91 Å². The molecule has 1 aliphatic carbocycles. The van der Waals surface area contributed by atoms with Gasteiger partial charge in [0.1, 0.15) is 11.3 Å². The zero-order valence-corrected chi connectivity index (χ0v) is 14.7. The molecular formula is C16H18BrClN2O2. The molecule has 4 nitrogen and oxygen atoms in total. The first-order valence-corrected chi connectivity index (χ1v) is 8.48. The van der Waals surface area contributed by atoms with Crippen LogP contribution in [0, 0.1) is 11.3 Å². The second-order valence-electron chi connectivity index (χ2n) is 5.58. The number of halogens is 2. The summed E-state index contributed by atoms with van der Waals surface area (Å²) in [4.78, 5) is 12.3. The van der Waals surface area contributed by atoms with Crippen LogP contribution in [0.4, 0.5) is 0 Å². The van der Waals surface area contributed by atoms with Gasteiger partial charge in [0.25, 0.3) is 5.91 Å². The van der Waals surface area contributed by atoms with E-state index >= 15 is 0 Å². The van der Waals surface area contributed by atoms with Gasteiger partial charge >= 0.3 is 0 Å². The highest BCUT2D eigenvalue weighted by molar-refractivity contribution is 9.10. The van der Waals surface area contributed by atoms with E-state index in [1.807, 2.05) is 0 Å². The maximum atomic E-state index is 12.3. The molecule has 22 heavy (non-hydrogen) atoms. The summed E-state index contributed by atoms with van der Waals surface area (Å²) in [5, 5.41) is 12.7. The van der Waals surface area contributed by atoms with Gasteiger partial charge in [0.2, 0.25) is 0 Å². The third-order valence-corrected chi connectivity index (χ3v) is 4.64. The van der Waals surface area contributed by atoms with Crippen LogP contribution in [0.15, 0.2) is 22.7 Å². The van der Waals surface area contributed by atoms with E-state index in [1.165, 1.54) is 0 Å². The Balaban J connectivity index is 2.01. The van der Waals surface area contributed by atoms with Gasteiger partial charge < -0.3 is 10.1 Å². The molecule has 118 valence electrons. The molecule has 0 bridgehead atoms. The summed E-state index contributed by atoms with van der Waals surface area (Å²) < 4.78 is 6.46. The van der Waals surface area contributed by atoms with Crippen LogP contribution in [0.25, 0.3) is 0 Å². The highest BCUT2D eigenvalue weighted by atomic mass is 79.9. The van der Waals surface area contributed by atoms with Crippen molar-refractivity contribution < 1.29 is 9.53 Å². The Morgan fingerprint density at radius 1 is 1.45 bits per heavy atom. The predicted molar refractivity (Wildman–Crippen MR) is 88.8 cm³/mol. The molecule has 1 aromatic carbocycles. The van der Waals surface area contributed by atoms with Gasteiger partial charge in [-0.2, -0.15) is 5.26 Å². The second kappa shape index (κ2) is 7.34. The third kappa shape index (κ3) is 4.15. The molecule has 1 saturated carbocycles. The van der Waals surface area contributed by atoms with Gasteiger partial charge in [0, 0.05) is 4.47 Å². The molecule has 0 heterocycles. The summed E-state index contributed by atoms with van der Waals surface area (Å²) in [6.07, 6.45) is 3.70. The molecule has 0 aromatic heterocycles. The van der Waals surface area contributed by atoms with E-state index in [0.29, 0.717) is 23.6 Å². The zero-order valence-electron chi connectivity index (χ0n) is 12.4. The Hall–Kier alpha value is -1.25. The van der Waals surface area contributed by atoms with Crippen molar-refractivity contribution in [3.8, 4) is 11.8 Å². The summed E-state index contributed by atoms with van der Waals surface area (Å²) in [7, 11) is 0. The van der Waals surface area contributed by atoms with Crippen LogP contribution in [0.2, 0.25) is 5.02 Å². The minimum atomic E-state index is -0.754. The number of ether oxygens (including phenoxy) is 1. The van der Waals surface area contributed by atoms with Crippen molar-refractivity contribution >= 4 is 33.4 Å². The summed E-state index contributed by atoms with van der Waals surface area (Å²) in [6.45, 7) is 1.65. The lowest BCUT2D eigenvalue weighted by Crippen LogP contribution is -2.52. The Morgan fingerprint density at radius 2 is 2.14 bits per heavy atom. The molecule has 0 spiro atoms. The van der Waals surface area contributed by atoms with Crippen molar-refractivity contribution in [2.75, 3.05) is 0 Å². The monoisotopic (exact) mass is 384 g/mol. The maximum absolute atomic E-state index is 12.3. The van der Waals surface area contributed by atoms with Crippen molar-refractivity contribution in [2.24, 2.45) is 0 Å². The number of nitrogens with zero attached hydrogens (tertiary/aromatic N) is 1. The highest BCUT2D eigenvalue weighted by Gasteiger charge is 2.35. The maximum Gasteiger partial charge on any atom is 0.262 e. The number of benzene rings is 1. The fourth-order valence-electron chi connectivity index (χ4n) is 2.57. The summed E-state index contributed by atoms with van der Waals surface area (Å²) >= 11 is 9.40. The first-order chi connectivity index (χ1) is 10.5. The summed E-state index contributed by atoms with van der Waals surface area (Å²) in [5.41, 5.74) is -0.754. The average molecular weight is 386 g/mol. The fourth-order valence-corrected chi connectivity index (χ4v) is 3.29. The lowest BCUT2D eigenvalue weighted by atomic mass is 9.83. The summed E-state index contributed by atoms with van der Waals surface area (Å²) in [5.74, 6) is 0.157. The number of amides is 1. The standard InChI is InChI=1S/C16H18BrClN2O2/c1-11(22-14-6-5-12(17)9-13(14)18)15(21)20-16(10-19)7-3-2-4-8-16/h5-6,9,11H,2-4,7-8H2,1H3,(H,20,21)/t11-/m1/s1. The van der Waals surface area contributed by atoms with Crippen molar-refractivity contribution in [1.29, 1.82) is 5.26 Å². The van der Waals surface area contributed by atoms with E-state index < -0.39 is 11.6 Å². The van der Waals surface area contributed by atoms with Crippen LogP contribution < -0.4 is 10.1 Å². The molecule has 0 unspecified atom stereocenters. The zero-order chi connectivity index (χ0) is 16.2. The van der Waals surface area contributed by atoms with E-state index in [0.717, 1.165) is 23.7 Å². The number of hydrogen-bond acceptors (Lipinski definition) is 3. The van der Waals surface area contributed by atoms with Gasteiger partial charge in [-0.05, 0) is 38.0 Å². The van der Waals surface area contributed by atoms with Gasteiger partial charge in [-0.25, -0.2) is 0 Å². The Labute approximate surface area is 143 Å². The number of hydrogen-bond donors (Lipinski definition) is 1. The molecule has 1 fully saturated rings. The average Bonchev–Trinajstić information content (AvgIpc) is 2.51. The number of nitrogens with one attached hydrogen (secondary N) is 1. The van der Waals surface area contributed by atoms with Crippen LogP contribution in [-0.4, -0.2) is 17.6 Å². The smallest absolute Gasteiger partial charge is 0.262 e. The van der Waals surface area contributed by atoms with Crippen LogP contribution in [0.5, 0.6) is 5.75 Å². The third-order valence-electron chi connectivity index (χ3n) is 3.85. The minimum Gasteiger partial charge on any atom is -0.479 e. The minimum absolute atomic E-state index is 0.289. The molecule has 0 radical (unpaired) electrons. The van der Waals surface area contributed by atoms with E-state index in [9.17, 15) is 10.1 Å². The lowest BCUT2D eigenvalue weighted by molar-refractivity contribution is -0.129. The molecule has 1 amide bonds. The number of rotatable bonds is 4. The molecule has 0 saturated heterocycles. The Morgan fingerprint density at radius 3 is 2.73 bits per heavy atom. The van der Waals surface area contributed by atoms with Gasteiger partial charge in [-0.15, -0.1) is 0 Å². The molecule has 1 N–H and O–H groups in total. The fraction of sp³-hybridized carbons (Fsp3) is 0.500. The van der Waals surface area contributed by atoms with Gasteiger partial charge in [-0.3, -0.25) is 4.79 Å². The molecule has 0 aliphatic heterocycles. The second-order valence-corrected chi connectivity index (χ2v) is 6.90. The first kappa shape index (κ1) is 17.1. The lowest BCUT2D eigenvalue weighted by Gasteiger charge is -2.32.